The number of nitrogens with one attached hydrogen (secondary N) is 2. The minimum atomic E-state index is -3.50. The van der Waals surface area contributed by atoms with E-state index in [2.05, 4.69) is 10.0 Å². The monoisotopic (exact) mass is 396 g/mol. The summed E-state index contributed by atoms with van der Waals surface area (Å²) in [6.07, 6.45) is 0. The Labute approximate surface area is 158 Å². The van der Waals surface area contributed by atoms with Crippen LogP contribution in [-0.2, 0) is 10.0 Å². The van der Waals surface area contributed by atoms with Crippen molar-refractivity contribution in [1.82, 2.24) is 10.0 Å². The number of aryl methyl sites for hydroxylation is 1. The van der Waals surface area contributed by atoms with Crippen molar-refractivity contribution in [2.45, 2.75) is 18.7 Å². The van der Waals surface area contributed by atoms with Gasteiger partial charge >= 0.3 is 0 Å². The Hall–Kier alpha value is -2.09. The Morgan fingerprint density at radius 3 is 2.58 bits per heavy atom. The van der Waals surface area contributed by atoms with Crippen molar-refractivity contribution in [2.24, 2.45) is 0 Å². The fourth-order valence-electron chi connectivity index (χ4n) is 2.29. The van der Waals surface area contributed by atoms with Crippen LogP contribution in [0.15, 0.2) is 47.4 Å². The zero-order chi connectivity index (χ0) is 19.2. The van der Waals surface area contributed by atoms with Crippen LogP contribution in [-0.4, -0.2) is 34.0 Å². The lowest BCUT2D eigenvalue weighted by Gasteiger charge is -2.12. The Morgan fingerprint density at radius 1 is 1.19 bits per heavy atom. The van der Waals surface area contributed by atoms with Gasteiger partial charge in [-0.15, -0.1) is 0 Å². The van der Waals surface area contributed by atoms with Crippen LogP contribution in [0.3, 0.4) is 0 Å². The summed E-state index contributed by atoms with van der Waals surface area (Å²) in [5.41, 5.74) is 1.10. The van der Waals surface area contributed by atoms with Crippen molar-refractivity contribution in [3.05, 3.63) is 58.6 Å². The van der Waals surface area contributed by atoms with Gasteiger partial charge in [-0.2, -0.15) is 0 Å². The van der Waals surface area contributed by atoms with E-state index in [0.717, 1.165) is 0 Å². The molecule has 0 radical (unpaired) electrons. The number of sulfonamides is 1. The van der Waals surface area contributed by atoms with Crippen LogP contribution >= 0.6 is 11.6 Å². The van der Waals surface area contributed by atoms with Gasteiger partial charge in [0.05, 0.1) is 22.0 Å². The maximum atomic E-state index is 12.0. The van der Waals surface area contributed by atoms with Crippen molar-refractivity contribution < 1.29 is 17.9 Å². The lowest BCUT2D eigenvalue weighted by Crippen LogP contribution is -2.28. The minimum Gasteiger partial charge on any atom is -0.491 e. The van der Waals surface area contributed by atoms with E-state index in [1.165, 1.54) is 6.07 Å². The van der Waals surface area contributed by atoms with Gasteiger partial charge in [0.25, 0.3) is 5.91 Å². The summed E-state index contributed by atoms with van der Waals surface area (Å²) in [6, 6.07) is 11.4. The Morgan fingerprint density at radius 2 is 1.92 bits per heavy atom. The van der Waals surface area contributed by atoms with E-state index in [1.54, 1.807) is 50.2 Å². The van der Waals surface area contributed by atoms with E-state index in [4.69, 9.17) is 16.3 Å². The first kappa shape index (κ1) is 20.2. The third kappa shape index (κ3) is 5.20. The number of hydrogen-bond acceptors (Lipinski definition) is 4. The van der Waals surface area contributed by atoms with Gasteiger partial charge < -0.3 is 10.1 Å². The fourth-order valence-corrected chi connectivity index (χ4v) is 3.64. The third-order valence-corrected chi connectivity index (χ3v) is 5.43. The van der Waals surface area contributed by atoms with Gasteiger partial charge in [0, 0.05) is 6.54 Å². The number of hydrogen-bond donors (Lipinski definition) is 2. The van der Waals surface area contributed by atoms with Gasteiger partial charge in [0.1, 0.15) is 12.4 Å². The van der Waals surface area contributed by atoms with Crippen molar-refractivity contribution in [1.29, 1.82) is 0 Å². The molecule has 0 aliphatic carbocycles. The molecule has 0 bridgehead atoms. The average molecular weight is 397 g/mol. The zero-order valence-corrected chi connectivity index (χ0v) is 16.2. The van der Waals surface area contributed by atoms with Gasteiger partial charge in [-0.1, -0.05) is 30.7 Å². The second-order valence-electron chi connectivity index (χ2n) is 5.51. The molecule has 1 amide bonds. The fraction of sp³-hybridized carbons (Fsp3) is 0.278. The van der Waals surface area contributed by atoms with Gasteiger partial charge in [-0.3, -0.25) is 4.79 Å². The summed E-state index contributed by atoms with van der Waals surface area (Å²) in [4.78, 5) is 12.2. The molecule has 0 unspecified atom stereocenters. The Balaban J connectivity index is 1.90. The number of carbonyl (C=O) groups excluding carboxylic acids is 1. The van der Waals surface area contributed by atoms with Crippen LogP contribution in [0.1, 0.15) is 22.8 Å². The van der Waals surface area contributed by atoms with Crippen LogP contribution in [0, 0.1) is 6.92 Å². The van der Waals surface area contributed by atoms with Crippen molar-refractivity contribution in [3.63, 3.8) is 0 Å². The standard InChI is InChI=1S/C18H21ClN2O4S/c1-3-21-26(23,24)14-8-9-17(13(2)12-14)25-11-10-20-18(22)15-6-4-5-7-16(15)19/h4-9,12,21H,3,10-11H2,1-2H3,(H,20,22). The normalized spacial score (nSPS) is 11.2. The minimum absolute atomic E-state index is 0.191. The number of ether oxygens (including phenoxy) is 1. The quantitative estimate of drug-likeness (QED) is 0.672. The molecule has 140 valence electrons. The van der Waals surface area contributed by atoms with E-state index in [1.807, 2.05) is 0 Å². The molecule has 0 aliphatic rings. The number of rotatable bonds is 8. The summed E-state index contributed by atoms with van der Waals surface area (Å²) in [6.45, 7) is 4.35. The second kappa shape index (κ2) is 9.02. The molecule has 2 rings (SSSR count). The first-order valence-corrected chi connectivity index (χ1v) is 9.97. The smallest absolute Gasteiger partial charge is 0.252 e. The molecule has 8 heteroatoms. The summed E-state index contributed by atoms with van der Waals surface area (Å²) in [7, 11) is -3.50. The summed E-state index contributed by atoms with van der Waals surface area (Å²) >= 11 is 5.98. The molecule has 0 aliphatic heterocycles. The zero-order valence-electron chi connectivity index (χ0n) is 14.6. The molecule has 0 atom stereocenters. The molecule has 26 heavy (non-hydrogen) atoms. The lowest BCUT2D eigenvalue weighted by molar-refractivity contribution is 0.0947. The molecular weight excluding hydrogens is 376 g/mol. The molecule has 2 N–H and O–H groups in total. The van der Waals surface area contributed by atoms with E-state index in [9.17, 15) is 13.2 Å². The molecule has 0 aromatic heterocycles. The molecule has 2 aromatic rings. The first-order valence-electron chi connectivity index (χ1n) is 8.11. The van der Waals surface area contributed by atoms with Crippen molar-refractivity contribution in [3.8, 4) is 5.75 Å². The maximum Gasteiger partial charge on any atom is 0.252 e. The molecule has 2 aromatic carbocycles. The number of halogens is 1. The summed E-state index contributed by atoms with van der Waals surface area (Å²) < 4.78 is 32.0. The molecule has 0 heterocycles. The van der Waals surface area contributed by atoms with Crippen LogP contribution < -0.4 is 14.8 Å². The molecule has 0 fully saturated rings. The highest BCUT2D eigenvalue weighted by molar-refractivity contribution is 7.89. The molecule has 6 nitrogen and oxygen atoms in total. The Bertz CT molecular complexity index is 885. The molecule has 0 saturated heterocycles. The highest BCUT2D eigenvalue weighted by atomic mass is 35.5. The molecule has 0 spiro atoms. The average Bonchev–Trinajstić information content (AvgIpc) is 2.60. The molecular formula is C18H21ClN2O4S. The third-order valence-electron chi connectivity index (χ3n) is 3.55. The van der Waals surface area contributed by atoms with E-state index >= 15 is 0 Å². The van der Waals surface area contributed by atoms with Crippen molar-refractivity contribution >= 4 is 27.5 Å². The topological polar surface area (TPSA) is 84.5 Å². The van der Waals surface area contributed by atoms with Crippen LogP contribution in [0.2, 0.25) is 5.02 Å². The van der Waals surface area contributed by atoms with Crippen LogP contribution in [0.4, 0.5) is 0 Å². The van der Waals surface area contributed by atoms with E-state index < -0.39 is 10.0 Å². The SMILES string of the molecule is CCNS(=O)(=O)c1ccc(OCCNC(=O)c2ccccc2Cl)c(C)c1. The highest BCUT2D eigenvalue weighted by Crippen LogP contribution is 2.21. The van der Waals surface area contributed by atoms with Gasteiger partial charge in [0.15, 0.2) is 0 Å². The van der Waals surface area contributed by atoms with Gasteiger partial charge in [-0.05, 0) is 42.8 Å². The number of carbonyl (C=O) groups is 1. The van der Waals surface area contributed by atoms with Crippen molar-refractivity contribution in [2.75, 3.05) is 19.7 Å². The lowest BCUT2D eigenvalue weighted by atomic mass is 10.2. The first-order chi connectivity index (χ1) is 12.3. The van der Waals surface area contributed by atoms with E-state index in [0.29, 0.717) is 35.0 Å². The molecule has 0 saturated carbocycles. The van der Waals surface area contributed by atoms with Gasteiger partial charge in [0.2, 0.25) is 10.0 Å². The number of amides is 1. The predicted octanol–water partition coefficient (Wildman–Crippen LogP) is 2.76. The summed E-state index contributed by atoms with van der Waals surface area (Å²) in [5, 5.41) is 3.12. The second-order valence-corrected chi connectivity index (χ2v) is 7.69. The maximum absolute atomic E-state index is 12.0. The predicted molar refractivity (Wildman–Crippen MR) is 101 cm³/mol. The van der Waals surface area contributed by atoms with Crippen LogP contribution in [0.5, 0.6) is 5.75 Å². The highest BCUT2D eigenvalue weighted by Gasteiger charge is 2.14. The number of benzene rings is 2. The largest absolute Gasteiger partial charge is 0.491 e. The van der Waals surface area contributed by atoms with E-state index in [-0.39, 0.29) is 17.4 Å². The van der Waals surface area contributed by atoms with Gasteiger partial charge in [-0.25, -0.2) is 13.1 Å². The summed E-state index contributed by atoms with van der Waals surface area (Å²) in [5.74, 6) is 0.287. The van der Waals surface area contributed by atoms with Crippen LogP contribution in [0.25, 0.3) is 0 Å². The Kier molecular flexibility index (Phi) is 7.02.